The maximum Gasteiger partial charge on any atom is 0.253 e. The molecule has 1 aromatic carbocycles. The zero-order valence-electron chi connectivity index (χ0n) is 12.6. The van der Waals surface area contributed by atoms with Crippen molar-refractivity contribution in [2.45, 2.75) is 19.4 Å². The molecule has 4 nitrogen and oxygen atoms in total. The van der Waals surface area contributed by atoms with Gasteiger partial charge in [0.05, 0.1) is 17.4 Å². The Labute approximate surface area is 130 Å². The van der Waals surface area contributed by atoms with Crippen molar-refractivity contribution in [3.05, 3.63) is 66.5 Å². The minimum Gasteiger partial charge on any atom is -0.349 e. The van der Waals surface area contributed by atoms with Gasteiger partial charge in [-0.05, 0) is 31.0 Å². The first-order valence-corrected chi connectivity index (χ1v) is 7.42. The van der Waals surface area contributed by atoms with Gasteiger partial charge in [-0.3, -0.25) is 9.78 Å². The molecule has 0 radical (unpaired) electrons. The third kappa shape index (κ3) is 2.60. The highest BCUT2D eigenvalue weighted by atomic mass is 16.1. The third-order valence-electron chi connectivity index (χ3n) is 3.88. The number of anilines is 2. The van der Waals surface area contributed by atoms with Crippen molar-refractivity contribution in [1.29, 1.82) is 0 Å². The molecule has 1 unspecified atom stereocenters. The fourth-order valence-electron chi connectivity index (χ4n) is 2.91. The quantitative estimate of drug-likeness (QED) is 0.881. The Morgan fingerprint density at radius 1 is 1.45 bits per heavy atom. The van der Waals surface area contributed by atoms with Crippen molar-refractivity contribution >= 4 is 17.3 Å². The van der Waals surface area contributed by atoms with Gasteiger partial charge in [-0.2, -0.15) is 0 Å². The number of rotatable bonds is 4. The summed E-state index contributed by atoms with van der Waals surface area (Å²) in [6.45, 7) is 6.24. The van der Waals surface area contributed by atoms with Crippen molar-refractivity contribution < 1.29 is 4.79 Å². The maximum atomic E-state index is 12.1. The second-order valence-corrected chi connectivity index (χ2v) is 5.48. The van der Waals surface area contributed by atoms with Gasteiger partial charge in [0.2, 0.25) is 0 Å². The first kappa shape index (κ1) is 14.3. The van der Waals surface area contributed by atoms with Crippen molar-refractivity contribution in [3.8, 4) is 0 Å². The molecule has 2 heterocycles. The average Bonchev–Trinajstić information content (AvgIpc) is 2.88. The highest BCUT2D eigenvalue weighted by Crippen LogP contribution is 2.37. The van der Waals surface area contributed by atoms with Gasteiger partial charge in [-0.25, -0.2) is 0 Å². The summed E-state index contributed by atoms with van der Waals surface area (Å²) in [5.74, 6) is -0.130. The van der Waals surface area contributed by atoms with Gasteiger partial charge in [-0.15, -0.1) is 6.58 Å². The number of carbonyl (C=O) groups excluding carboxylic acids is 1. The number of aromatic nitrogens is 1. The Hall–Kier alpha value is -2.62. The van der Waals surface area contributed by atoms with Crippen LogP contribution in [0.15, 0.2) is 55.4 Å². The van der Waals surface area contributed by atoms with E-state index in [4.69, 9.17) is 0 Å². The molecule has 0 spiro atoms. The highest BCUT2D eigenvalue weighted by molar-refractivity contribution is 5.95. The van der Waals surface area contributed by atoms with E-state index in [0.29, 0.717) is 18.2 Å². The molecule has 0 aliphatic carbocycles. The highest BCUT2D eigenvalue weighted by Gasteiger charge is 2.27. The normalized spacial score (nSPS) is 16.2. The molecule has 2 aromatic rings. The number of carbonyl (C=O) groups is 1. The summed E-state index contributed by atoms with van der Waals surface area (Å²) in [5, 5.41) is 2.78. The minimum atomic E-state index is -0.130. The molecule has 1 aliphatic heterocycles. The van der Waals surface area contributed by atoms with Gasteiger partial charge in [-0.1, -0.05) is 24.3 Å². The van der Waals surface area contributed by atoms with E-state index in [-0.39, 0.29) is 5.91 Å². The molecule has 0 saturated carbocycles. The summed E-state index contributed by atoms with van der Waals surface area (Å²) in [6.07, 6.45) is 6.06. The lowest BCUT2D eigenvalue weighted by Gasteiger charge is -2.25. The topological polar surface area (TPSA) is 45.2 Å². The Morgan fingerprint density at radius 2 is 2.27 bits per heavy atom. The van der Waals surface area contributed by atoms with E-state index in [0.717, 1.165) is 12.1 Å². The summed E-state index contributed by atoms with van der Waals surface area (Å²) in [6, 6.07) is 10.6. The van der Waals surface area contributed by atoms with Gasteiger partial charge < -0.3 is 10.2 Å². The molecule has 112 valence electrons. The number of pyridine rings is 1. The number of hydrogen-bond donors (Lipinski definition) is 1. The summed E-state index contributed by atoms with van der Waals surface area (Å²) in [5.41, 5.74) is 4.04. The number of amides is 1. The van der Waals surface area contributed by atoms with Crippen LogP contribution < -0.4 is 10.2 Å². The summed E-state index contributed by atoms with van der Waals surface area (Å²) < 4.78 is 0. The molecule has 0 fully saturated rings. The number of fused-ring (bicyclic) bond motifs is 1. The average molecular weight is 293 g/mol. The van der Waals surface area contributed by atoms with E-state index in [1.165, 1.54) is 11.3 Å². The van der Waals surface area contributed by atoms with E-state index in [1.807, 2.05) is 18.3 Å². The van der Waals surface area contributed by atoms with E-state index in [9.17, 15) is 4.79 Å². The molecule has 1 atom stereocenters. The predicted molar refractivity (Wildman–Crippen MR) is 88.5 cm³/mol. The summed E-state index contributed by atoms with van der Waals surface area (Å²) in [7, 11) is 0. The van der Waals surface area contributed by atoms with Gasteiger partial charge in [0.25, 0.3) is 5.91 Å². The standard InChI is InChI=1S/C18H19N3O/c1-3-8-20-18(22)15-10-16(12-19-11-15)21-13(2)9-14-6-4-5-7-17(14)21/h3-7,10-13H,1,8-9H2,2H3,(H,20,22). The van der Waals surface area contributed by atoms with Crippen LogP contribution >= 0.6 is 0 Å². The lowest BCUT2D eigenvalue weighted by atomic mass is 10.1. The molecule has 22 heavy (non-hydrogen) atoms. The molecular formula is C18H19N3O. The van der Waals surface area contributed by atoms with Crippen LogP contribution in [0.3, 0.4) is 0 Å². The van der Waals surface area contributed by atoms with Gasteiger partial charge in [0.15, 0.2) is 0 Å². The maximum absolute atomic E-state index is 12.1. The first-order chi connectivity index (χ1) is 10.7. The van der Waals surface area contributed by atoms with E-state index in [2.05, 4.69) is 46.9 Å². The fraction of sp³-hybridized carbons (Fsp3) is 0.222. The number of nitrogens with zero attached hydrogens (tertiary/aromatic N) is 2. The number of nitrogens with one attached hydrogen (secondary N) is 1. The van der Waals surface area contributed by atoms with Crippen LogP contribution in [-0.4, -0.2) is 23.5 Å². The van der Waals surface area contributed by atoms with E-state index in [1.54, 1.807) is 12.3 Å². The molecular weight excluding hydrogens is 274 g/mol. The van der Waals surface area contributed by atoms with Crippen molar-refractivity contribution in [2.75, 3.05) is 11.4 Å². The molecule has 1 aromatic heterocycles. The van der Waals surface area contributed by atoms with Crippen LogP contribution in [0.1, 0.15) is 22.8 Å². The zero-order valence-corrected chi connectivity index (χ0v) is 12.6. The molecule has 4 heteroatoms. The van der Waals surface area contributed by atoms with Gasteiger partial charge in [0, 0.05) is 24.5 Å². The number of benzene rings is 1. The monoisotopic (exact) mass is 293 g/mol. The zero-order chi connectivity index (χ0) is 15.5. The van der Waals surface area contributed by atoms with Crippen LogP contribution in [0.5, 0.6) is 0 Å². The van der Waals surface area contributed by atoms with Crippen molar-refractivity contribution in [1.82, 2.24) is 10.3 Å². The Balaban J connectivity index is 1.92. The lowest BCUT2D eigenvalue weighted by Crippen LogP contribution is -2.26. The largest absolute Gasteiger partial charge is 0.349 e. The third-order valence-corrected chi connectivity index (χ3v) is 3.88. The molecule has 3 rings (SSSR count). The van der Waals surface area contributed by atoms with Crippen LogP contribution in [0.25, 0.3) is 0 Å². The fourth-order valence-corrected chi connectivity index (χ4v) is 2.91. The molecule has 1 aliphatic rings. The Bertz CT molecular complexity index is 711. The van der Waals surface area contributed by atoms with Crippen LogP contribution in [0.2, 0.25) is 0 Å². The molecule has 1 amide bonds. The van der Waals surface area contributed by atoms with E-state index >= 15 is 0 Å². The summed E-state index contributed by atoms with van der Waals surface area (Å²) >= 11 is 0. The molecule has 0 bridgehead atoms. The van der Waals surface area contributed by atoms with Gasteiger partial charge in [0.1, 0.15) is 0 Å². The van der Waals surface area contributed by atoms with Crippen molar-refractivity contribution in [2.24, 2.45) is 0 Å². The summed E-state index contributed by atoms with van der Waals surface area (Å²) in [4.78, 5) is 18.6. The van der Waals surface area contributed by atoms with Crippen molar-refractivity contribution in [3.63, 3.8) is 0 Å². The van der Waals surface area contributed by atoms with Crippen LogP contribution in [0.4, 0.5) is 11.4 Å². The Morgan fingerprint density at radius 3 is 3.09 bits per heavy atom. The Kier molecular flexibility index (Phi) is 3.92. The van der Waals surface area contributed by atoms with Gasteiger partial charge >= 0.3 is 0 Å². The predicted octanol–water partition coefficient (Wildman–Crippen LogP) is 3.08. The minimum absolute atomic E-state index is 0.130. The second kappa shape index (κ2) is 6.02. The first-order valence-electron chi connectivity index (χ1n) is 7.42. The van der Waals surface area contributed by atoms with E-state index < -0.39 is 0 Å². The molecule has 0 saturated heterocycles. The van der Waals surface area contributed by atoms with Crippen LogP contribution in [0, 0.1) is 0 Å². The lowest BCUT2D eigenvalue weighted by molar-refractivity contribution is 0.0957. The number of para-hydroxylation sites is 1. The SMILES string of the molecule is C=CCNC(=O)c1cncc(N2c3ccccc3CC2C)c1. The molecule has 1 N–H and O–H groups in total. The number of hydrogen-bond acceptors (Lipinski definition) is 3. The second-order valence-electron chi connectivity index (χ2n) is 5.48. The smallest absolute Gasteiger partial charge is 0.253 e. The van der Waals surface area contributed by atoms with Crippen LogP contribution in [-0.2, 0) is 6.42 Å².